The third-order valence-electron chi connectivity index (χ3n) is 3.61. The third-order valence-corrected chi connectivity index (χ3v) is 3.84. The third kappa shape index (κ3) is 4.45. The zero-order valence-corrected chi connectivity index (χ0v) is 15.4. The van der Waals surface area contributed by atoms with Crippen molar-refractivity contribution < 1.29 is 32.2 Å². The second kappa shape index (κ2) is 8.34. The summed E-state index contributed by atoms with van der Waals surface area (Å²) < 4.78 is 51.0. The number of nitrogens with zero attached hydrogens (tertiary/aromatic N) is 1. The van der Waals surface area contributed by atoms with Gasteiger partial charge in [-0.1, -0.05) is 11.6 Å². The van der Waals surface area contributed by atoms with E-state index in [4.69, 9.17) is 16.3 Å². The minimum Gasteiger partial charge on any atom is -0.497 e. The van der Waals surface area contributed by atoms with Crippen LogP contribution in [-0.4, -0.2) is 42.9 Å². The van der Waals surface area contributed by atoms with Crippen LogP contribution >= 0.6 is 11.6 Å². The maximum atomic E-state index is 13.9. The lowest BCUT2D eigenvalue weighted by molar-refractivity contribution is -0.203. The molecule has 1 amide bonds. The van der Waals surface area contributed by atoms with Gasteiger partial charge in [0.05, 0.1) is 19.2 Å². The number of hydrogen-bond donors (Lipinski definition) is 2. The lowest BCUT2D eigenvalue weighted by Gasteiger charge is -2.34. The van der Waals surface area contributed by atoms with Gasteiger partial charge in [-0.2, -0.15) is 13.2 Å². The summed E-state index contributed by atoms with van der Waals surface area (Å²) >= 11 is 5.67. The Morgan fingerprint density at radius 1 is 1.07 bits per heavy atom. The van der Waals surface area contributed by atoms with E-state index in [0.29, 0.717) is 5.75 Å². The second-order valence-electron chi connectivity index (χ2n) is 5.41. The van der Waals surface area contributed by atoms with E-state index in [1.165, 1.54) is 37.4 Å². The molecule has 0 saturated heterocycles. The zero-order valence-electron chi connectivity index (χ0n) is 14.6. The molecule has 0 saturated carbocycles. The lowest BCUT2D eigenvalue weighted by Crippen LogP contribution is -2.69. The Kier molecular flexibility index (Phi) is 6.34. The Morgan fingerprint density at radius 2 is 1.71 bits per heavy atom. The highest BCUT2D eigenvalue weighted by Gasteiger charge is 2.63. The molecule has 1 unspecified atom stereocenters. The normalized spacial score (nSPS) is 13.2. The fraction of sp³-hybridized carbons (Fsp3) is 0.235. The number of nitrogens with one attached hydrogen (secondary N) is 2. The summed E-state index contributed by atoms with van der Waals surface area (Å²) in [6.45, 7) is 0. The monoisotopic (exact) mass is 417 g/mol. The second-order valence-corrected chi connectivity index (χ2v) is 5.85. The Bertz CT molecular complexity index is 844. The number of amides is 1. The number of carbonyl (C=O) groups excluding carboxylic acids is 2. The van der Waals surface area contributed by atoms with Crippen LogP contribution in [0, 0.1) is 0 Å². The van der Waals surface area contributed by atoms with Crippen molar-refractivity contribution in [3.05, 3.63) is 53.2 Å². The Hall–Kier alpha value is -3.01. The number of esters is 1. The van der Waals surface area contributed by atoms with Gasteiger partial charge in [0, 0.05) is 11.8 Å². The van der Waals surface area contributed by atoms with Crippen LogP contribution in [-0.2, 0) is 9.53 Å². The summed E-state index contributed by atoms with van der Waals surface area (Å²) in [5.41, 5.74) is -3.72. The van der Waals surface area contributed by atoms with E-state index in [9.17, 15) is 22.8 Å². The number of hydrogen-bond acceptors (Lipinski definition) is 6. The quantitative estimate of drug-likeness (QED) is 0.555. The van der Waals surface area contributed by atoms with Gasteiger partial charge < -0.3 is 20.1 Å². The fourth-order valence-electron chi connectivity index (χ4n) is 2.17. The summed E-state index contributed by atoms with van der Waals surface area (Å²) in [5, 5.41) is 3.75. The molecule has 1 aromatic carbocycles. The van der Waals surface area contributed by atoms with Crippen LogP contribution in [0.3, 0.4) is 0 Å². The Labute approximate surface area is 162 Å². The maximum Gasteiger partial charge on any atom is 0.441 e. The van der Waals surface area contributed by atoms with E-state index in [2.05, 4.69) is 9.72 Å². The summed E-state index contributed by atoms with van der Waals surface area (Å²) in [6, 6.07) is 7.64. The number of ether oxygens (including phenoxy) is 2. The van der Waals surface area contributed by atoms with Crippen molar-refractivity contribution >= 4 is 29.3 Å². The highest BCUT2D eigenvalue weighted by Crippen LogP contribution is 2.33. The van der Waals surface area contributed by atoms with Crippen molar-refractivity contribution in [2.24, 2.45) is 0 Å². The molecule has 28 heavy (non-hydrogen) atoms. The standard InChI is InChI=1S/C17H15ClF3N3O4/c1-27-12-6-3-10(4-7-12)14(25)24-16(15(26)28-2,17(19,20)21)23-13-8-5-11(18)9-22-13/h3-9H,1-2H3,(H,22,23)(H,24,25). The number of aromatic nitrogens is 1. The predicted octanol–water partition coefficient (Wildman–Crippen LogP) is 3.02. The molecule has 2 rings (SSSR count). The minimum atomic E-state index is -5.27. The van der Waals surface area contributed by atoms with Crippen LogP contribution in [0.5, 0.6) is 5.75 Å². The Balaban J connectivity index is 2.44. The van der Waals surface area contributed by atoms with E-state index < -0.39 is 23.7 Å². The highest BCUT2D eigenvalue weighted by atomic mass is 35.5. The van der Waals surface area contributed by atoms with Crippen LogP contribution < -0.4 is 15.4 Å². The van der Waals surface area contributed by atoms with Gasteiger partial charge in [-0.25, -0.2) is 9.78 Å². The fourth-order valence-corrected chi connectivity index (χ4v) is 2.28. The molecule has 1 heterocycles. The van der Waals surface area contributed by atoms with Crippen molar-refractivity contribution in [1.82, 2.24) is 10.3 Å². The highest BCUT2D eigenvalue weighted by molar-refractivity contribution is 6.30. The molecule has 0 fully saturated rings. The predicted molar refractivity (Wildman–Crippen MR) is 94.1 cm³/mol. The van der Waals surface area contributed by atoms with Crippen LogP contribution in [0.15, 0.2) is 42.6 Å². The average Bonchev–Trinajstić information content (AvgIpc) is 2.67. The zero-order chi connectivity index (χ0) is 20.9. The smallest absolute Gasteiger partial charge is 0.441 e. The molecule has 0 aliphatic rings. The molecule has 0 aliphatic heterocycles. The minimum absolute atomic E-state index is 0.135. The lowest BCUT2D eigenvalue weighted by atomic mass is 10.1. The molecular weight excluding hydrogens is 403 g/mol. The molecule has 7 nitrogen and oxygen atoms in total. The maximum absolute atomic E-state index is 13.9. The molecule has 0 aliphatic carbocycles. The molecule has 1 aromatic heterocycles. The molecule has 2 aromatic rings. The number of benzene rings is 1. The number of halogens is 4. The number of pyridine rings is 1. The first-order valence-electron chi connectivity index (χ1n) is 7.64. The van der Waals surface area contributed by atoms with Crippen molar-refractivity contribution in [2.75, 3.05) is 19.5 Å². The first-order valence-corrected chi connectivity index (χ1v) is 8.02. The first kappa shape index (κ1) is 21.3. The van der Waals surface area contributed by atoms with Crippen molar-refractivity contribution in [2.45, 2.75) is 11.8 Å². The Morgan fingerprint density at radius 3 is 2.18 bits per heavy atom. The topological polar surface area (TPSA) is 89.5 Å². The number of carbonyl (C=O) groups is 2. The average molecular weight is 418 g/mol. The molecule has 1 atom stereocenters. The van der Waals surface area contributed by atoms with Crippen molar-refractivity contribution in [1.29, 1.82) is 0 Å². The number of rotatable bonds is 6. The number of anilines is 1. The summed E-state index contributed by atoms with van der Waals surface area (Å²) in [6.07, 6.45) is -4.20. The number of alkyl halides is 3. The molecule has 150 valence electrons. The summed E-state index contributed by atoms with van der Waals surface area (Å²) in [7, 11) is 2.16. The first-order chi connectivity index (χ1) is 13.1. The SMILES string of the molecule is COC(=O)C(NC(=O)c1ccc(OC)cc1)(Nc1ccc(Cl)cn1)C(F)(F)F. The van der Waals surface area contributed by atoms with Gasteiger partial charge in [-0.15, -0.1) is 0 Å². The van der Waals surface area contributed by atoms with Gasteiger partial charge in [-0.05, 0) is 36.4 Å². The number of methoxy groups -OCH3 is 2. The van der Waals surface area contributed by atoms with E-state index in [1.807, 2.05) is 5.32 Å². The van der Waals surface area contributed by atoms with Crippen LogP contribution in [0.2, 0.25) is 5.02 Å². The molecule has 0 bridgehead atoms. The van der Waals surface area contributed by atoms with Gasteiger partial charge >= 0.3 is 17.8 Å². The van der Waals surface area contributed by atoms with Crippen molar-refractivity contribution in [3.63, 3.8) is 0 Å². The van der Waals surface area contributed by atoms with E-state index in [1.54, 1.807) is 5.32 Å². The van der Waals surface area contributed by atoms with Crippen LogP contribution in [0.1, 0.15) is 10.4 Å². The summed E-state index contributed by atoms with van der Waals surface area (Å²) in [4.78, 5) is 28.2. The van der Waals surface area contributed by atoms with Crippen LogP contribution in [0.4, 0.5) is 19.0 Å². The molecule has 11 heteroatoms. The van der Waals surface area contributed by atoms with Gasteiger partial charge in [0.15, 0.2) is 0 Å². The summed E-state index contributed by atoms with van der Waals surface area (Å²) in [5.74, 6) is -2.91. The van der Waals surface area contributed by atoms with Gasteiger partial charge in [0.25, 0.3) is 5.91 Å². The molecular formula is C17H15ClF3N3O4. The van der Waals surface area contributed by atoms with Gasteiger partial charge in [-0.3, -0.25) is 4.79 Å². The molecule has 0 radical (unpaired) electrons. The van der Waals surface area contributed by atoms with E-state index in [0.717, 1.165) is 19.4 Å². The molecule has 0 spiro atoms. The largest absolute Gasteiger partial charge is 0.497 e. The van der Waals surface area contributed by atoms with Gasteiger partial charge in [0.1, 0.15) is 11.6 Å². The van der Waals surface area contributed by atoms with E-state index >= 15 is 0 Å². The molecule has 2 N–H and O–H groups in total. The van der Waals surface area contributed by atoms with E-state index in [-0.39, 0.29) is 16.4 Å². The van der Waals surface area contributed by atoms with Crippen LogP contribution in [0.25, 0.3) is 0 Å². The van der Waals surface area contributed by atoms with Gasteiger partial charge in [0.2, 0.25) is 0 Å². The van der Waals surface area contributed by atoms with Crippen molar-refractivity contribution in [3.8, 4) is 5.75 Å².